The lowest BCUT2D eigenvalue weighted by Gasteiger charge is -2.31. The second-order valence-corrected chi connectivity index (χ2v) is 8.81. The number of rotatable bonds is 4. The quantitative estimate of drug-likeness (QED) is 0.468. The molecule has 4 aromatic rings. The monoisotopic (exact) mass is 466 g/mol. The van der Waals surface area contributed by atoms with Crippen molar-refractivity contribution in [2.45, 2.75) is 12.8 Å². The molecule has 0 unspecified atom stereocenters. The predicted molar refractivity (Wildman–Crippen MR) is 122 cm³/mol. The number of imidazole rings is 1. The van der Waals surface area contributed by atoms with E-state index in [1.165, 1.54) is 47.7 Å². The molecule has 2 amide bonds. The molecule has 1 saturated heterocycles. The molecule has 2 aromatic heterocycles. The van der Waals surface area contributed by atoms with Crippen molar-refractivity contribution in [3.63, 3.8) is 0 Å². The van der Waals surface area contributed by atoms with Crippen LogP contribution in [0.2, 0.25) is 0 Å². The summed E-state index contributed by atoms with van der Waals surface area (Å²) < 4.78 is 28.3. The Bertz CT molecular complexity index is 1310. The molecule has 1 aliphatic heterocycles. The zero-order chi connectivity index (χ0) is 22.9. The SMILES string of the molecule is O=C(Nc1c(-c2ccc(F)cc2)nc2sccn12)C1CCN(C(=O)c2ccc(F)cc2)CC1. The number of benzene rings is 2. The predicted octanol–water partition coefficient (Wildman–Crippen LogP) is 4.83. The van der Waals surface area contributed by atoms with Gasteiger partial charge in [-0.1, -0.05) is 0 Å². The van der Waals surface area contributed by atoms with Crippen molar-refractivity contribution in [2.24, 2.45) is 5.92 Å². The van der Waals surface area contributed by atoms with Gasteiger partial charge in [0.15, 0.2) is 4.96 Å². The average molecular weight is 467 g/mol. The molecule has 5 rings (SSSR count). The highest BCUT2D eigenvalue weighted by Crippen LogP contribution is 2.32. The summed E-state index contributed by atoms with van der Waals surface area (Å²) in [6.45, 7) is 0.888. The van der Waals surface area contributed by atoms with Crippen molar-refractivity contribution < 1.29 is 18.4 Å². The van der Waals surface area contributed by atoms with Crippen LogP contribution < -0.4 is 5.32 Å². The average Bonchev–Trinajstić information content (AvgIpc) is 3.42. The Labute approximate surface area is 192 Å². The first kappa shape index (κ1) is 21.3. The molecule has 2 aromatic carbocycles. The standard InChI is InChI=1S/C24H20F2N4O2S/c25-18-5-1-15(2-6-18)20-21(30-13-14-33-24(30)27-20)28-22(31)16-9-11-29(12-10-16)23(32)17-3-7-19(26)8-4-17/h1-8,13-14,16H,9-12H2,(H,28,31). The van der Waals surface area contributed by atoms with Gasteiger partial charge in [0.25, 0.3) is 5.91 Å². The Morgan fingerprint density at radius 2 is 1.61 bits per heavy atom. The number of hydrogen-bond acceptors (Lipinski definition) is 4. The number of nitrogens with zero attached hydrogens (tertiary/aromatic N) is 3. The van der Waals surface area contributed by atoms with Gasteiger partial charge in [0, 0.05) is 41.7 Å². The van der Waals surface area contributed by atoms with E-state index in [0.717, 1.165) is 4.96 Å². The number of amides is 2. The summed E-state index contributed by atoms with van der Waals surface area (Å²) >= 11 is 1.44. The third-order valence-electron chi connectivity index (χ3n) is 5.87. The second kappa shape index (κ2) is 8.74. The van der Waals surface area contributed by atoms with Crippen molar-refractivity contribution in [2.75, 3.05) is 18.4 Å². The number of likely N-dealkylation sites (tertiary alicyclic amines) is 1. The van der Waals surface area contributed by atoms with E-state index in [-0.39, 0.29) is 29.4 Å². The lowest BCUT2D eigenvalue weighted by atomic mass is 9.95. The van der Waals surface area contributed by atoms with Crippen LogP contribution in [0.1, 0.15) is 23.2 Å². The molecular formula is C24H20F2N4O2S. The van der Waals surface area contributed by atoms with Crippen LogP contribution in [0.3, 0.4) is 0 Å². The molecule has 1 N–H and O–H groups in total. The summed E-state index contributed by atoms with van der Waals surface area (Å²) in [5, 5.41) is 4.89. The molecule has 168 valence electrons. The number of aromatic nitrogens is 2. The first-order valence-electron chi connectivity index (χ1n) is 10.6. The van der Waals surface area contributed by atoms with Gasteiger partial charge in [-0.2, -0.15) is 0 Å². The number of halogens is 2. The summed E-state index contributed by atoms with van der Waals surface area (Å²) in [6.07, 6.45) is 2.88. The van der Waals surface area contributed by atoms with Gasteiger partial charge in [-0.3, -0.25) is 14.0 Å². The molecule has 0 atom stereocenters. The van der Waals surface area contributed by atoms with Crippen LogP contribution in [-0.4, -0.2) is 39.2 Å². The van der Waals surface area contributed by atoms with Gasteiger partial charge in [0.05, 0.1) is 0 Å². The van der Waals surface area contributed by atoms with Gasteiger partial charge in [-0.05, 0) is 61.4 Å². The molecular weight excluding hydrogens is 446 g/mol. The lowest BCUT2D eigenvalue weighted by molar-refractivity contribution is -0.121. The van der Waals surface area contributed by atoms with Crippen molar-refractivity contribution in [1.29, 1.82) is 0 Å². The van der Waals surface area contributed by atoms with Crippen LogP contribution in [-0.2, 0) is 4.79 Å². The Morgan fingerprint density at radius 1 is 0.970 bits per heavy atom. The third-order valence-corrected chi connectivity index (χ3v) is 6.62. The molecule has 0 bridgehead atoms. The molecule has 0 saturated carbocycles. The fourth-order valence-corrected chi connectivity index (χ4v) is 4.77. The maximum Gasteiger partial charge on any atom is 0.253 e. The smallest absolute Gasteiger partial charge is 0.253 e. The number of hydrogen-bond donors (Lipinski definition) is 1. The highest BCUT2D eigenvalue weighted by molar-refractivity contribution is 7.15. The fraction of sp³-hybridized carbons (Fsp3) is 0.208. The van der Waals surface area contributed by atoms with Crippen molar-refractivity contribution >= 4 is 33.9 Å². The second-order valence-electron chi connectivity index (χ2n) is 7.93. The minimum absolute atomic E-state index is 0.139. The Kier molecular flexibility index (Phi) is 5.63. The summed E-state index contributed by atoms with van der Waals surface area (Å²) in [6, 6.07) is 11.5. The number of carbonyl (C=O) groups is 2. The fourth-order valence-electron chi connectivity index (χ4n) is 4.05. The summed E-state index contributed by atoms with van der Waals surface area (Å²) in [5.74, 6) is -0.738. The van der Waals surface area contributed by atoms with Gasteiger partial charge >= 0.3 is 0 Å². The van der Waals surface area contributed by atoms with Gasteiger partial charge < -0.3 is 10.2 Å². The maximum absolute atomic E-state index is 13.4. The van der Waals surface area contributed by atoms with Crippen LogP contribution in [0.5, 0.6) is 0 Å². The molecule has 0 radical (unpaired) electrons. The molecule has 0 spiro atoms. The van der Waals surface area contributed by atoms with Gasteiger partial charge in [-0.25, -0.2) is 13.8 Å². The Hall–Kier alpha value is -3.59. The van der Waals surface area contributed by atoms with E-state index in [2.05, 4.69) is 10.3 Å². The highest BCUT2D eigenvalue weighted by atomic mass is 32.1. The number of nitrogens with one attached hydrogen (secondary N) is 1. The molecule has 9 heteroatoms. The molecule has 33 heavy (non-hydrogen) atoms. The summed E-state index contributed by atoms with van der Waals surface area (Å²) in [5.41, 5.74) is 1.73. The van der Waals surface area contributed by atoms with Gasteiger partial charge in [0.2, 0.25) is 5.91 Å². The molecule has 6 nitrogen and oxygen atoms in total. The zero-order valence-electron chi connectivity index (χ0n) is 17.5. The summed E-state index contributed by atoms with van der Waals surface area (Å²) in [7, 11) is 0. The first-order chi connectivity index (χ1) is 16.0. The largest absolute Gasteiger partial charge is 0.339 e. The molecule has 0 aliphatic carbocycles. The van der Waals surface area contributed by atoms with Crippen molar-refractivity contribution in [1.82, 2.24) is 14.3 Å². The number of thiazole rings is 1. The van der Waals surface area contributed by atoms with E-state index in [0.29, 0.717) is 48.6 Å². The van der Waals surface area contributed by atoms with Crippen LogP contribution in [0.15, 0.2) is 60.1 Å². The van der Waals surface area contributed by atoms with E-state index >= 15 is 0 Å². The molecule has 3 heterocycles. The van der Waals surface area contributed by atoms with Crippen LogP contribution in [0.4, 0.5) is 14.6 Å². The highest BCUT2D eigenvalue weighted by Gasteiger charge is 2.29. The zero-order valence-corrected chi connectivity index (χ0v) is 18.3. The van der Waals surface area contributed by atoms with Crippen molar-refractivity contribution in [3.8, 4) is 11.3 Å². The molecule has 1 aliphatic rings. The van der Waals surface area contributed by atoms with E-state index in [1.807, 2.05) is 16.0 Å². The van der Waals surface area contributed by atoms with Gasteiger partial charge in [-0.15, -0.1) is 11.3 Å². The Balaban J connectivity index is 1.29. The number of anilines is 1. The van der Waals surface area contributed by atoms with Crippen LogP contribution >= 0.6 is 11.3 Å². The van der Waals surface area contributed by atoms with Crippen LogP contribution in [0, 0.1) is 17.6 Å². The van der Waals surface area contributed by atoms with E-state index in [1.54, 1.807) is 17.0 Å². The van der Waals surface area contributed by atoms with Crippen molar-refractivity contribution in [3.05, 3.63) is 77.3 Å². The lowest BCUT2D eigenvalue weighted by Crippen LogP contribution is -2.41. The third kappa shape index (κ3) is 4.23. The first-order valence-corrected chi connectivity index (χ1v) is 11.4. The van der Waals surface area contributed by atoms with E-state index in [9.17, 15) is 18.4 Å². The summed E-state index contributed by atoms with van der Waals surface area (Å²) in [4.78, 5) is 32.8. The normalized spacial score (nSPS) is 14.5. The van der Waals surface area contributed by atoms with Crippen LogP contribution in [0.25, 0.3) is 16.2 Å². The van der Waals surface area contributed by atoms with Gasteiger partial charge in [0.1, 0.15) is 23.1 Å². The molecule has 1 fully saturated rings. The van der Waals surface area contributed by atoms with E-state index < -0.39 is 0 Å². The number of fused-ring (bicyclic) bond motifs is 1. The number of carbonyl (C=O) groups excluding carboxylic acids is 2. The maximum atomic E-state index is 13.4. The minimum atomic E-state index is -0.387. The van der Waals surface area contributed by atoms with E-state index in [4.69, 9.17) is 0 Å². The number of piperidine rings is 1. The Morgan fingerprint density at radius 3 is 2.27 bits per heavy atom. The minimum Gasteiger partial charge on any atom is -0.339 e. The topological polar surface area (TPSA) is 66.7 Å².